The number of H-pyrrole nitrogens is 1. The predicted octanol–water partition coefficient (Wildman–Crippen LogP) is 3.07. The summed E-state index contributed by atoms with van der Waals surface area (Å²) in [6.45, 7) is 0.767. The second kappa shape index (κ2) is 6.28. The van der Waals surface area contributed by atoms with Crippen molar-refractivity contribution in [3.8, 4) is 0 Å². The fourth-order valence-corrected chi connectivity index (χ4v) is 6.45. The first-order chi connectivity index (χ1) is 12.0. The van der Waals surface area contributed by atoms with Crippen molar-refractivity contribution in [1.82, 2.24) is 13.9 Å². The van der Waals surface area contributed by atoms with Crippen LogP contribution in [0.15, 0.2) is 45.4 Å². The SMILES string of the molecule is O=c1[nH]c2ccccc2n1C1CCN(S(=O)(=O)c2ccc(Cl)s2)CC1. The highest BCUT2D eigenvalue weighted by molar-refractivity contribution is 7.91. The van der Waals surface area contributed by atoms with Crippen molar-refractivity contribution in [2.45, 2.75) is 23.1 Å². The van der Waals surface area contributed by atoms with Gasteiger partial charge < -0.3 is 4.98 Å². The molecule has 4 rings (SSSR count). The van der Waals surface area contributed by atoms with Gasteiger partial charge in [0.05, 0.1) is 15.4 Å². The van der Waals surface area contributed by atoms with E-state index in [0.29, 0.717) is 30.3 Å². The zero-order chi connectivity index (χ0) is 17.6. The van der Waals surface area contributed by atoms with E-state index in [1.165, 1.54) is 4.31 Å². The molecular formula is C16H16ClN3O3S2. The summed E-state index contributed by atoms with van der Waals surface area (Å²) in [4.78, 5) is 15.2. The Morgan fingerprint density at radius 3 is 2.52 bits per heavy atom. The number of benzene rings is 1. The van der Waals surface area contributed by atoms with Crippen LogP contribution in [0.1, 0.15) is 18.9 Å². The van der Waals surface area contributed by atoms with E-state index in [1.54, 1.807) is 16.7 Å². The minimum Gasteiger partial charge on any atom is -0.306 e. The molecule has 0 spiro atoms. The average Bonchev–Trinajstić information content (AvgIpc) is 3.18. The number of nitrogens with zero attached hydrogens (tertiary/aromatic N) is 2. The Bertz CT molecular complexity index is 1080. The molecule has 6 nitrogen and oxygen atoms in total. The lowest BCUT2D eigenvalue weighted by molar-refractivity contribution is 0.274. The molecule has 0 aliphatic carbocycles. The van der Waals surface area contributed by atoms with E-state index in [1.807, 2.05) is 24.3 Å². The molecular weight excluding hydrogens is 382 g/mol. The van der Waals surface area contributed by atoms with Crippen LogP contribution in [0.2, 0.25) is 4.34 Å². The Balaban J connectivity index is 1.57. The fourth-order valence-electron chi connectivity index (χ4n) is 3.34. The van der Waals surface area contributed by atoms with Crippen LogP contribution in [-0.2, 0) is 10.0 Å². The minimum absolute atomic E-state index is 0.0120. The van der Waals surface area contributed by atoms with E-state index in [-0.39, 0.29) is 15.9 Å². The molecule has 0 amide bonds. The van der Waals surface area contributed by atoms with Crippen molar-refractivity contribution >= 4 is 44.0 Å². The van der Waals surface area contributed by atoms with Gasteiger partial charge in [0, 0.05) is 19.1 Å². The van der Waals surface area contributed by atoms with E-state index in [4.69, 9.17) is 11.6 Å². The zero-order valence-electron chi connectivity index (χ0n) is 13.2. The molecule has 3 heterocycles. The molecule has 132 valence electrons. The summed E-state index contributed by atoms with van der Waals surface area (Å²) >= 11 is 6.93. The van der Waals surface area contributed by atoms with E-state index < -0.39 is 10.0 Å². The zero-order valence-corrected chi connectivity index (χ0v) is 15.6. The highest BCUT2D eigenvalue weighted by Crippen LogP contribution is 2.32. The summed E-state index contributed by atoms with van der Waals surface area (Å²) in [7, 11) is -3.51. The van der Waals surface area contributed by atoms with Crippen LogP contribution in [0.4, 0.5) is 0 Å². The number of imidazole rings is 1. The maximum absolute atomic E-state index is 12.7. The van der Waals surface area contributed by atoms with Crippen molar-refractivity contribution in [2.24, 2.45) is 0 Å². The second-order valence-corrected chi connectivity index (χ2v) is 9.89. The number of halogens is 1. The van der Waals surface area contributed by atoms with Crippen LogP contribution in [-0.4, -0.2) is 35.4 Å². The lowest BCUT2D eigenvalue weighted by atomic mass is 10.1. The van der Waals surface area contributed by atoms with Crippen molar-refractivity contribution < 1.29 is 8.42 Å². The quantitative estimate of drug-likeness (QED) is 0.737. The van der Waals surface area contributed by atoms with Gasteiger partial charge in [0.25, 0.3) is 10.0 Å². The first-order valence-corrected chi connectivity index (χ1v) is 10.5. The monoisotopic (exact) mass is 397 g/mol. The molecule has 1 fully saturated rings. The molecule has 1 N–H and O–H groups in total. The van der Waals surface area contributed by atoms with Gasteiger partial charge in [0.1, 0.15) is 4.21 Å². The molecule has 9 heteroatoms. The van der Waals surface area contributed by atoms with Gasteiger partial charge in [-0.3, -0.25) is 4.57 Å². The number of thiophene rings is 1. The molecule has 25 heavy (non-hydrogen) atoms. The van der Waals surface area contributed by atoms with Gasteiger partial charge in [-0.2, -0.15) is 4.31 Å². The van der Waals surface area contributed by atoms with Gasteiger partial charge in [0.2, 0.25) is 0 Å². The average molecular weight is 398 g/mol. The first kappa shape index (κ1) is 16.8. The maximum Gasteiger partial charge on any atom is 0.326 e. The van der Waals surface area contributed by atoms with E-state index in [2.05, 4.69) is 4.98 Å². The number of nitrogens with one attached hydrogen (secondary N) is 1. The Kier molecular flexibility index (Phi) is 4.23. The highest BCUT2D eigenvalue weighted by Gasteiger charge is 2.32. The summed E-state index contributed by atoms with van der Waals surface area (Å²) in [5.74, 6) is 0. The molecule has 2 aromatic heterocycles. The van der Waals surface area contributed by atoms with E-state index >= 15 is 0 Å². The van der Waals surface area contributed by atoms with Crippen LogP contribution in [0.25, 0.3) is 11.0 Å². The molecule has 0 saturated carbocycles. The normalized spacial score (nSPS) is 17.3. The lowest BCUT2D eigenvalue weighted by Crippen LogP contribution is -2.40. The molecule has 3 aromatic rings. The van der Waals surface area contributed by atoms with Gasteiger partial charge in [-0.25, -0.2) is 13.2 Å². The summed E-state index contributed by atoms with van der Waals surface area (Å²) in [6.07, 6.45) is 1.19. The third kappa shape index (κ3) is 2.93. The number of aromatic amines is 1. The number of piperidine rings is 1. The second-order valence-electron chi connectivity index (χ2n) is 6.01. The fraction of sp³-hybridized carbons (Fsp3) is 0.312. The van der Waals surface area contributed by atoms with Gasteiger partial charge in [-0.15, -0.1) is 11.3 Å². The van der Waals surface area contributed by atoms with E-state index in [9.17, 15) is 13.2 Å². The predicted molar refractivity (Wildman–Crippen MR) is 98.9 cm³/mol. The van der Waals surface area contributed by atoms with Gasteiger partial charge in [0.15, 0.2) is 0 Å². The Morgan fingerprint density at radius 1 is 1.12 bits per heavy atom. The van der Waals surface area contributed by atoms with Crippen molar-refractivity contribution in [2.75, 3.05) is 13.1 Å². The summed E-state index contributed by atoms with van der Waals surface area (Å²) in [5.41, 5.74) is 1.52. The number of hydrogen-bond donors (Lipinski definition) is 1. The van der Waals surface area contributed by atoms with Crippen molar-refractivity contribution in [3.05, 3.63) is 51.2 Å². The van der Waals surface area contributed by atoms with Gasteiger partial charge in [-0.1, -0.05) is 23.7 Å². The number of fused-ring (bicyclic) bond motifs is 1. The minimum atomic E-state index is -3.51. The number of sulfonamides is 1. The molecule has 1 aliphatic rings. The van der Waals surface area contributed by atoms with Crippen LogP contribution in [0.5, 0.6) is 0 Å². The van der Waals surface area contributed by atoms with Gasteiger partial charge in [-0.05, 0) is 37.1 Å². The van der Waals surface area contributed by atoms with Crippen molar-refractivity contribution in [1.29, 1.82) is 0 Å². The molecule has 0 radical (unpaired) electrons. The molecule has 0 bridgehead atoms. The van der Waals surface area contributed by atoms with Crippen LogP contribution >= 0.6 is 22.9 Å². The number of hydrogen-bond acceptors (Lipinski definition) is 4. The largest absolute Gasteiger partial charge is 0.326 e. The van der Waals surface area contributed by atoms with Crippen LogP contribution in [0, 0.1) is 0 Å². The number of rotatable bonds is 3. The lowest BCUT2D eigenvalue weighted by Gasteiger charge is -2.31. The van der Waals surface area contributed by atoms with Crippen molar-refractivity contribution in [3.63, 3.8) is 0 Å². The molecule has 0 unspecified atom stereocenters. The van der Waals surface area contributed by atoms with Gasteiger partial charge >= 0.3 is 5.69 Å². The topological polar surface area (TPSA) is 75.2 Å². The third-order valence-electron chi connectivity index (χ3n) is 4.56. The Morgan fingerprint density at radius 2 is 1.84 bits per heavy atom. The van der Waals surface area contributed by atoms with Crippen LogP contribution in [0.3, 0.4) is 0 Å². The van der Waals surface area contributed by atoms with E-state index in [0.717, 1.165) is 22.4 Å². The standard InChI is InChI=1S/C16H16ClN3O3S2/c17-14-5-6-15(24-14)25(22,23)19-9-7-11(8-10-19)20-13-4-2-1-3-12(13)18-16(20)21/h1-6,11H,7-10H2,(H,18,21). The third-order valence-corrected chi connectivity index (χ3v) is 8.15. The summed E-state index contributed by atoms with van der Waals surface area (Å²) in [6, 6.07) is 10.7. The first-order valence-electron chi connectivity index (χ1n) is 7.91. The maximum atomic E-state index is 12.7. The number of aromatic nitrogens is 2. The summed E-state index contributed by atoms with van der Waals surface area (Å²) < 4.78 is 29.3. The smallest absolute Gasteiger partial charge is 0.306 e. The molecule has 1 saturated heterocycles. The molecule has 0 atom stereocenters. The Hall–Kier alpha value is -1.61. The summed E-state index contributed by atoms with van der Waals surface area (Å²) in [5, 5.41) is 0. The Labute approximate surface area is 153 Å². The number of para-hydroxylation sites is 2. The van der Waals surface area contributed by atoms with Crippen LogP contribution < -0.4 is 5.69 Å². The molecule has 1 aromatic carbocycles. The molecule has 1 aliphatic heterocycles. The highest BCUT2D eigenvalue weighted by atomic mass is 35.5.